The summed E-state index contributed by atoms with van der Waals surface area (Å²) in [5.74, 6) is 0. The lowest BCUT2D eigenvalue weighted by atomic mass is 10.0. The lowest BCUT2D eigenvalue weighted by Gasteiger charge is -2.12. The summed E-state index contributed by atoms with van der Waals surface area (Å²) in [7, 11) is 0. The average molecular weight is 507 g/mol. The molecule has 1 aromatic heterocycles. The lowest BCUT2D eigenvalue weighted by molar-refractivity contribution is 1.42. The Balaban J connectivity index is 2.21. The van der Waals surface area contributed by atoms with Gasteiger partial charge in [-0.05, 0) is 62.7 Å². The number of halogens is 2. The third-order valence-electron chi connectivity index (χ3n) is 3.80. The molecule has 0 bridgehead atoms. The Morgan fingerprint density at radius 3 is 2.14 bits per heavy atom. The van der Waals surface area contributed by atoms with Crippen molar-refractivity contribution in [2.75, 3.05) is 0 Å². The van der Waals surface area contributed by atoms with E-state index in [9.17, 15) is 0 Å². The zero-order valence-corrected chi connectivity index (χ0v) is 15.9. The van der Waals surface area contributed by atoms with E-state index in [1.54, 1.807) is 0 Å². The second-order valence-electron chi connectivity index (χ2n) is 5.13. The van der Waals surface area contributed by atoms with Gasteiger partial charge in [-0.15, -0.1) is 0 Å². The van der Waals surface area contributed by atoms with E-state index in [1.807, 2.05) is 6.07 Å². The number of pyridine rings is 1. The van der Waals surface area contributed by atoms with Crippen LogP contribution in [-0.4, -0.2) is 4.98 Å². The van der Waals surface area contributed by atoms with E-state index < -0.39 is 0 Å². The summed E-state index contributed by atoms with van der Waals surface area (Å²) in [6.07, 6.45) is 0. The highest BCUT2D eigenvalue weighted by molar-refractivity contribution is 14.1. The van der Waals surface area contributed by atoms with Crippen LogP contribution in [0.4, 0.5) is 0 Å². The van der Waals surface area contributed by atoms with Gasteiger partial charge in [0.2, 0.25) is 0 Å². The molecule has 0 N–H and O–H groups in total. The van der Waals surface area contributed by atoms with Crippen LogP contribution in [0.2, 0.25) is 0 Å². The van der Waals surface area contributed by atoms with Crippen molar-refractivity contribution in [3.8, 4) is 11.3 Å². The van der Waals surface area contributed by atoms with Crippen LogP contribution in [0.15, 0.2) is 66.7 Å². The van der Waals surface area contributed by atoms with Crippen molar-refractivity contribution in [3.05, 3.63) is 73.9 Å². The Labute approximate surface area is 156 Å². The van der Waals surface area contributed by atoms with Gasteiger partial charge >= 0.3 is 0 Å². The Kier molecular flexibility index (Phi) is 3.78. The number of rotatable bonds is 1. The van der Waals surface area contributed by atoms with Crippen molar-refractivity contribution < 1.29 is 0 Å². The number of hydrogen-bond donors (Lipinski definition) is 0. The van der Waals surface area contributed by atoms with Gasteiger partial charge in [0.15, 0.2) is 0 Å². The molecule has 0 aliphatic carbocycles. The average Bonchev–Trinajstić information content (AvgIpc) is 2.58. The fourth-order valence-corrected chi connectivity index (χ4v) is 3.99. The van der Waals surface area contributed by atoms with Gasteiger partial charge in [-0.25, -0.2) is 4.98 Å². The molecular formula is C19H11I2N. The molecule has 0 unspecified atom stereocenters. The van der Waals surface area contributed by atoms with Crippen molar-refractivity contribution in [3.63, 3.8) is 0 Å². The van der Waals surface area contributed by atoms with E-state index in [2.05, 4.69) is 106 Å². The molecule has 0 saturated heterocycles. The van der Waals surface area contributed by atoms with Gasteiger partial charge < -0.3 is 0 Å². The minimum absolute atomic E-state index is 1.06. The molecule has 0 atom stereocenters. The summed E-state index contributed by atoms with van der Waals surface area (Å²) >= 11 is 4.82. The van der Waals surface area contributed by atoms with Gasteiger partial charge in [0.05, 0.1) is 11.2 Å². The Bertz CT molecular complexity index is 994. The van der Waals surface area contributed by atoms with Crippen LogP contribution < -0.4 is 0 Å². The highest BCUT2D eigenvalue weighted by Gasteiger charge is 2.13. The molecule has 0 spiro atoms. The summed E-state index contributed by atoms with van der Waals surface area (Å²) in [5, 5.41) is 3.73. The standard InChI is InChI=1S/C19H11I2N/c20-15-10-11-16-17(18(15)21)13-8-4-5-9-14(13)19(22-16)12-6-2-1-3-7-12/h1-11H. The van der Waals surface area contributed by atoms with Crippen LogP contribution in [0.5, 0.6) is 0 Å². The molecule has 3 heteroatoms. The fourth-order valence-electron chi connectivity index (χ4n) is 2.79. The van der Waals surface area contributed by atoms with E-state index in [4.69, 9.17) is 4.98 Å². The minimum atomic E-state index is 1.06. The predicted octanol–water partition coefficient (Wildman–Crippen LogP) is 6.26. The maximum Gasteiger partial charge on any atom is 0.0788 e. The SMILES string of the molecule is Ic1ccc2nc(-c3ccccc3)c3ccccc3c2c1I. The van der Waals surface area contributed by atoms with Crippen LogP contribution in [-0.2, 0) is 0 Å². The molecule has 0 amide bonds. The normalized spacial score (nSPS) is 11.2. The molecule has 0 radical (unpaired) electrons. The number of fused-ring (bicyclic) bond motifs is 3. The molecule has 4 aromatic rings. The molecule has 0 fully saturated rings. The van der Waals surface area contributed by atoms with Gasteiger partial charge in [-0.3, -0.25) is 0 Å². The van der Waals surface area contributed by atoms with E-state index in [0.29, 0.717) is 0 Å². The molecule has 106 valence electrons. The quantitative estimate of drug-likeness (QED) is 0.219. The highest BCUT2D eigenvalue weighted by atomic mass is 127. The third-order valence-corrected chi connectivity index (χ3v) is 6.86. The molecule has 22 heavy (non-hydrogen) atoms. The molecule has 1 heterocycles. The van der Waals surface area contributed by atoms with E-state index in [-0.39, 0.29) is 0 Å². The van der Waals surface area contributed by atoms with Gasteiger partial charge in [0.1, 0.15) is 0 Å². The Morgan fingerprint density at radius 1 is 0.682 bits per heavy atom. The summed E-state index contributed by atoms with van der Waals surface area (Å²) in [5.41, 5.74) is 3.28. The van der Waals surface area contributed by atoms with Gasteiger partial charge in [0, 0.05) is 23.5 Å². The van der Waals surface area contributed by atoms with Crippen molar-refractivity contribution in [1.82, 2.24) is 4.98 Å². The maximum atomic E-state index is 4.97. The number of nitrogens with zero attached hydrogens (tertiary/aromatic N) is 1. The Hall–Kier alpha value is -1.21. The monoisotopic (exact) mass is 507 g/mol. The van der Waals surface area contributed by atoms with E-state index >= 15 is 0 Å². The van der Waals surface area contributed by atoms with Crippen LogP contribution in [0.3, 0.4) is 0 Å². The number of hydrogen-bond acceptors (Lipinski definition) is 1. The van der Waals surface area contributed by atoms with Crippen LogP contribution in [0, 0.1) is 7.14 Å². The van der Waals surface area contributed by atoms with Crippen LogP contribution in [0.25, 0.3) is 32.9 Å². The first kappa shape index (κ1) is 14.4. The summed E-state index contributed by atoms with van der Waals surface area (Å²) in [6, 6.07) is 23.2. The molecular weight excluding hydrogens is 496 g/mol. The van der Waals surface area contributed by atoms with Crippen molar-refractivity contribution in [2.24, 2.45) is 0 Å². The molecule has 0 saturated carbocycles. The zero-order valence-electron chi connectivity index (χ0n) is 11.6. The first-order valence-electron chi connectivity index (χ1n) is 6.97. The maximum absolute atomic E-state index is 4.97. The first-order chi connectivity index (χ1) is 10.8. The van der Waals surface area contributed by atoms with Crippen LogP contribution in [0.1, 0.15) is 0 Å². The molecule has 0 aliphatic heterocycles. The lowest BCUT2D eigenvalue weighted by Crippen LogP contribution is -1.92. The third kappa shape index (κ3) is 2.31. The topological polar surface area (TPSA) is 12.9 Å². The minimum Gasteiger partial charge on any atom is -0.247 e. The number of benzene rings is 3. The largest absolute Gasteiger partial charge is 0.247 e. The fraction of sp³-hybridized carbons (Fsp3) is 0. The second-order valence-corrected chi connectivity index (χ2v) is 7.37. The van der Waals surface area contributed by atoms with E-state index in [0.717, 1.165) is 16.8 Å². The van der Waals surface area contributed by atoms with Gasteiger partial charge in [-0.2, -0.15) is 0 Å². The molecule has 0 aliphatic rings. The predicted molar refractivity (Wildman–Crippen MR) is 110 cm³/mol. The summed E-state index contributed by atoms with van der Waals surface area (Å²) in [6.45, 7) is 0. The summed E-state index contributed by atoms with van der Waals surface area (Å²) < 4.78 is 2.55. The highest BCUT2D eigenvalue weighted by Crippen LogP contribution is 2.35. The smallest absolute Gasteiger partial charge is 0.0788 e. The van der Waals surface area contributed by atoms with E-state index in [1.165, 1.54) is 23.3 Å². The van der Waals surface area contributed by atoms with Crippen molar-refractivity contribution in [2.45, 2.75) is 0 Å². The van der Waals surface area contributed by atoms with Crippen molar-refractivity contribution in [1.29, 1.82) is 0 Å². The molecule has 1 nitrogen and oxygen atoms in total. The van der Waals surface area contributed by atoms with Crippen LogP contribution >= 0.6 is 45.2 Å². The first-order valence-corrected chi connectivity index (χ1v) is 9.13. The second kappa shape index (κ2) is 5.77. The molecule has 4 rings (SSSR count). The van der Waals surface area contributed by atoms with Gasteiger partial charge in [0.25, 0.3) is 0 Å². The molecule has 3 aromatic carbocycles. The Morgan fingerprint density at radius 2 is 1.36 bits per heavy atom. The summed E-state index contributed by atoms with van der Waals surface area (Å²) in [4.78, 5) is 4.97. The number of aromatic nitrogens is 1. The zero-order chi connectivity index (χ0) is 15.1. The van der Waals surface area contributed by atoms with Crippen molar-refractivity contribution >= 4 is 66.9 Å². The van der Waals surface area contributed by atoms with Gasteiger partial charge in [-0.1, -0.05) is 54.6 Å².